The number of fused-ring (bicyclic) bond motifs is 1. The molecule has 1 amide bonds. The Hall–Kier alpha value is -2.05. The van der Waals surface area contributed by atoms with E-state index in [1.54, 1.807) is 30.3 Å². The Bertz CT molecular complexity index is 1170. The lowest BCUT2D eigenvalue weighted by atomic mass is 10.2. The first kappa shape index (κ1) is 20.2. The molecule has 2 aromatic carbocycles. The summed E-state index contributed by atoms with van der Waals surface area (Å²) < 4.78 is 20.6. The summed E-state index contributed by atoms with van der Waals surface area (Å²) in [4.78, 5) is 15.2. The minimum absolute atomic E-state index is 0.0383. The third-order valence-corrected chi connectivity index (χ3v) is 6.73. The highest BCUT2D eigenvalue weighted by atomic mass is 35.5. The molecule has 0 saturated heterocycles. The van der Waals surface area contributed by atoms with E-state index in [9.17, 15) is 9.18 Å². The Labute approximate surface area is 185 Å². The van der Waals surface area contributed by atoms with E-state index < -0.39 is 5.82 Å². The first-order chi connectivity index (χ1) is 14.0. The minimum atomic E-state index is -0.486. The summed E-state index contributed by atoms with van der Waals surface area (Å²) in [5.74, 6) is -0.288. The second-order valence-corrected chi connectivity index (χ2v) is 8.54. The van der Waals surface area contributed by atoms with E-state index >= 15 is 0 Å². The smallest absolute Gasteiger partial charge is 0.266 e. The maximum absolute atomic E-state index is 14.4. The normalized spacial score (nSPS) is 11.2. The number of rotatable bonds is 5. The zero-order chi connectivity index (χ0) is 20.5. The van der Waals surface area contributed by atoms with Crippen LogP contribution in [0.25, 0.3) is 10.1 Å². The van der Waals surface area contributed by atoms with Crippen molar-refractivity contribution in [3.63, 3.8) is 0 Å². The number of amides is 1. The maximum atomic E-state index is 14.4. The quantitative estimate of drug-likeness (QED) is 0.305. The van der Waals surface area contributed by atoms with Gasteiger partial charge in [0.15, 0.2) is 0 Å². The molecular formula is C21H13Cl3FNO2S. The first-order valence-corrected chi connectivity index (χ1v) is 10.5. The molecule has 0 bridgehead atoms. The van der Waals surface area contributed by atoms with Gasteiger partial charge >= 0.3 is 0 Å². The fraction of sp³-hybridized carbons (Fsp3) is 0.0952. The van der Waals surface area contributed by atoms with Crippen molar-refractivity contribution in [1.29, 1.82) is 0 Å². The van der Waals surface area contributed by atoms with Crippen molar-refractivity contribution in [3.8, 4) is 0 Å². The van der Waals surface area contributed by atoms with Gasteiger partial charge in [0.25, 0.3) is 5.91 Å². The molecule has 8 heteroatoms. The molecule has 148 valence electrons. The van der Waals surface area contributed by atoms with Crippen molar-refractivity contribution in [2.24, 2.45) is 0 Å². The first-order valence-electron chi connectivity index (χ1n) is 8.56. The van der Waals surface area contributed by atoms with Crippen molar-refractivity contribution in [2.75, 3.05) is 0 Å². The average Bonchev–Trinajstić information content (AvgIpc) is 3.32. The van der Waals surface area contributed by atoms with Gasteiger partial charge in [0.1, 0.15) is 16.5 Å². The largest absolute Gasteiger partial charge is 0.467 e. The van der Waals surface area contributed by atoms with Crippen LogP contribution in [0.1, 0.15) is 21.0 Å². The summed E-state index contributed by atoms with van der Waals surface area (Å²) in [6.07, 6.45) is 1.51. The predicted octanol–water partition coefficient (Wildman–Crippen LogP) is 7.44. The molecule has 0 saturated carbocycles. The van der Waals surface area contributed by atoms with Crippen molar-refractivity contribution in [3.05, 3.63) is 91.9 Å². The van der Waals surface area contributed by atoms with E-state index in [0.29, 0.717) is 21.0 Å². The number of carbonyl (C=O) groups excluding carboxylic acids is 1. The average molecular weight is 469 g/mol. The Balaban J connectivity index is 1.75. The van der Waals surface area contributed by atoms with Crippen LogP contribution in [0.15, 0.2) is 59.2 Å². The lowest BCUT2D eigenvalue weighted by Crippen LogP contribution is -2.30. The Morgan fingerprint density at radius 2 is 1.76 bits per heavy atom. The SMILES string of the molecule is O=C(c1sc2cccc(Cl)c2c1Cl)N(Cc1ccco1)Cc1c(F)cccc1Cl. The molecule has 3 nitrogen and oxygen atoms in total. The lowest BCUT2D eigenvalue weighted by molar-refractivity contribution is 0.0721. The molecule has 29 heavy (non-hydrogen) atoms. The molecule has 0 atom stereocenters. The molecule has 0 unspecified atom stereocenters. The third kappa shape index (κ3) is 4.01. The molecule has 0 aliphatic carbocycles. The van der Waals surface area contributed by atoms with E-state index in [2.05, 4.69) is 0 Å². The van der Waals surface area contributed by atoms with Crippen LogP contribution in [0.2, 0.25) is 15.1 Å². The van der Waals surface area contributed by atoms with Gasteiger partial charge in [0.05, 0.1) is 29.4 Å². The summed E-state index contributed by atoms with van der Waals surface area (Å²) in [7, 11) is 0. The van der Waals surface area contributed by atoms with Crippen molar-refractivity contribution < 1.29 is 13.6 Å². The monoisotopic (exact) mass is 467 g/mol. The molecule has 2 aromatic heterocycles. The fourth-order valence-corrected chi connectivity index (χ4v) is 5.16. The molecule has 0 spiro atoms. The van der Waals surface area contributed by atoms with Crippen LogP contribution in [0.3, 0.4) is 0 Å². The summed E-state index contributed by atoms with van der Waals surface area (Å²) in [6.45, 7) is 0.0954. The molecule has 2 heterocycles. The van der Waals surface area contributed by atoms with E-state index in [4.69, 9.17) is 39.2 Å². The van der Waals surface area contributed by atoms with Gasteiger partial charge in [0, 0.05) is 20.7 Å². The number of hydrogen-bond donors (Lipinski definition) is 0. The highest BCUT2D eigenvalue weighted by Crippen LogP contribution is 2.40. The van der Waals surface area contributed by atoms with Gasteiger partial charge in [-0.3, -0.25) is 4.79 Å². The third-order valence-electron chi connectivity index (χ3n) is 4.43. The highest BCUT2D eigenvalue weighted by molar-refractivity contribution is 7.21. The van der Waals surface area contributed by atoms with E-state index in [-0.39, 0.29) is 34.6 Å². The van der Waals surface area contributed by atoms with Crippen LogP contribution >= 0.6 is 46.1 Å². The zero-order valence-electron chi connectivity index (χ0n) is 14.8. The Morgan fingerprint density at radius 1 is 1.00 bits per heavy atom. The molecule has 0 aliphatic heterocycles. The van der Waals surface area contributed by atoms with Crippen LogP contribution in [0, 0.1) is 5.82 Å². The molecule has 0 radical (unpaired) electrons. The number of benzene rings is 2. The zero-order valence-corrected chi connectivity index (χ0v) is 17.9. The van der Waals surface area contributed by atoms with Crippen LogP contribution < -0.4 is 0 Å². The summed E-state index contributed by atoms with van der Waals surface area (Å²) >= 11 is 20.2. The van der Waals surface area contributed by atoms with Gasteiger partial charge in [-0.15, -0.1) is 11.3 Å². The van der Waals surface area contributed by atoms with Crippen LogP contribution in [0.5, 0.6) is 0 Å². The predicted molar refractivity (Wildman–Crippen MR) is 116 cm³/mol. The minimum Gasteiger partial charge on any atom is -0.467 e. The molecule has 0 fully saturated rings. The second-order valence-electron chi connectivity index (χ2n) is 6.30. The number of furan rings is 1. The maximum Gasteiger partial charge on any atom is 0.266 e. The number of nitrogens with zero attached hydrogens (tertiary/aromatic N) is 1. The van der Waals surface area contributed by atoms with Gasteiger partial charge in [-0.05, 0) is 36.4 Å². The number of halogens is 4. The Morgan fingerprint density at radius 3 is 2.45 bits per heavy atom. The molecule has 4 aromatic rings. The van der Waals surface area contributed by atoms with Crippen LogP contribution in [-0.2, 0) is 13.1 Å². The Kier molecular flexibility index (Phi) is 5.83. The van der Waals surface area contributed by atoms with Crippen LogP contribution in [-0.4, -0.2) is 10.8 Å². The number of hydrogen-bond acceptors (Lipinski definition) is 3. The summed E-state index contributed by atoms with van der Waals surface area (Å²) in [6, 6.07) is 13.2. The van der Waals surface area contributed by atoms with Gasteiger partial charge in [-0.25, -0.2) is 4.39 Å². The van der Waals surface area contributed by atoms with Gasteiger partial charge < -0.3 is 9.32 Å². The summed E-state index contributed by atoms with van der Waals surface area (Å²) in [5.41, 5.74) is 0.226. The fourth-order valence-electron chi connectivity index (χ4n) is 3.02. The van der Waals surface area contributed by atoms with E-state index in [1.807, 2.05) is 6.07 Å². The molecule has 0 N–H and O–H groups in total. The van der Waals surface area contributed by atoms with Crippen LogP contribution in [0.4, 0.5) is 4.39 Å². The van der Waals surface area contributed by atoms with E-state index in [0.717, 1.165) is 4.70 Å². The van der Waals surface area contributed by atoms with Gasteiger partial charge in [-0.1, -0.05) is 46.9 Å². The second kappa shape index (κ2) is 8.36. The molecular weight excluding hydrogens is 456 g/mol. The topological polar surface area (TPSA) is 33.5 Å². The van der Waals surface area contributed by atoms with Gasteiger partial charge in [-0.2, -0.15) is 0 Å². The lowest BCUT2D eigenvalue weighted by Gasteiger charge is -2.22. The van der Waals surface area contributed by atoms with Crippen molar-refractivity contribution in [1.82, 2.24) is 4.90 Å². The summed E-state index contributed by atoms with van der Waals surface area (Å²) in [5, 5.41) is 1.63. The highest BCUT2D eigenvalue weighted by Gasteiger charge is 2.26. The van der Waals surface area contributed by atoms with Gasteiger partial charge in [0.2, 0.25) is 0 Å². The molecule has 4 rings (SSSR count). The van der Waals surface area contributed by atoms with Crippen molar-refractivity contribution >= 4 is 62.1 Å². The molecule has 0 aliphatic rings. The standard InChI is InChI=1S/C21H13Cl3FNO2S/c22-14-5-1-7-16(25)13(14)11-26(10-12-4-3-9-28-12)21(27)20-19(24)18-15(23)6-2-8-17(18)29-20/h1-9H,10-11H2. The number of thiophene rings is 1. The van der Waals surface area contributed by atoms with E-state index in [1.165, 1.54) is 34.6 Å². The number of carbonyl (C=O) groups is 1. The van der Waals surface area contributed by atoms with Crippen molar-refractivity contribution in [2.45, 2.75) is 13.1 Å².